The number of halogens is 1. The number of nitrogens with zero attached hydrogens (tertiary/aromatic N) is 1. The van der Waals surface area contributed by atoms with E-state index in [1.807, 2.05) is 32.0 Å². The van der Waals surface area contributed by atoms with Crippen LogP contribution in [0, 0.1) is 0 Å². The fraction of sp³-hybridized carbons (Fsp3) is 0.444. The van der Waals surface area contributed by atoms with E-state index >= 15 is 0 Å². The second kappa shape index (κ2) is 4.31. The van der Waals surface area contributed by atoms with Gasteiger partial charge in [0.25, 0.3) is 0 Å². The molecule has 0 radical (unpaired) electrons. The van der Waals surface area contributed by atoms with Gasteiger partial charge in [-0.2, -0.15) is 0 Å². The Balaban J connectivity index is 2.72. The van der Waals surface area contributed by atoms with Crippen LogP contribution in [-0.2, 0) is 5.88 Å². The Morgan fingerprint density at radius 1 is 1.50 bits per heavy atom. The number of hydrogen-bond donors (Lipinski definition) is 0. The summed E-state index contributed by atoms with van der Waals surface area (Å²) in [5.41, 5.74) is 0.842. The summed E-state index contributed by atoms with van der Waals surface area (Å²) in [5, 5.41) is 0. The zero-order valence-electron chi connectivity index (χ0n) is 7.25. The molecule has 0 N–H and O–H groups in total. The zero-order valence-corrected chi connectivity index (χ0v) is 8.01. The van der Waals surface area contributed by atoms with E-state index in [2.05, 4.69) is 4.98 Å². The first-order chi connectivity index (χ1) is 5.72. The van der Waals surface area contributed by atoms with Crippen molar-refractivity contribution in [2.45, 2.75) is 25.8 Å². The first kappa shape index (κ1) is 9.33. The normalized spacial score (nSPS) is 10.3. The summed E-state index contributed by atoms with van der Waals surface area (Å²) >= 11 is 5.62. The number of hydrogen-bond acceptors (Lipinski definition) is 2. The summed E-state index contributed by atoms with van der Waals surface area (Å²) in [4.78, 5) is 4.18. The van der Waals surface area contributed by atoms with Crippen LogP contribution in [0.1, 0.15) is 19.5 Å². The largest absolute Gasteiger partial charge is 0.475 e. The zero-order chi connectivity index (χ0) is 8.97. The number of ether oxygens (including phenoxy) is 1. The van der Waals surface area contributed by atoms with Crippen molar-refractivity contribution >= 4 is 11.6 Å². The fourth-order valence-electron chi connectivity index (χ4n) is 0.839. The van der Waals surface area contributed by atoms with E-state index in [-0.39, 0.29) is 6.10 Å². The van der Waals surface area contributed by atoms with Crippen molar-refractivity contribution in [2.24, 2.45) is 0 Å². The van der Waals surface area contributed by atoms with Crippen LogP contribution < -0.4 is 4.74 Å². The highest BCUT2D eigenvalue weighted by molar-refractivity contribution is 6.16. The Bertz CT molecular complexity index is 250. The maximum Gasteiger partial charge on any atom is 0.213 e. The van der Waals surface area contributed by atoms with E-state index in [4.69, 9.17) is 16.3 Å². The summed E-state index contributed by atoms with van der Waals surface area (Å²) in [7, 11) is 0. The molecule has 3 heteroatoms. The quantitative estimate of drug-likeness (QED) is 0.676. The van der Waals surface area contributed by atoms with Gasteiger partial charge >= 0.3 is 0 Å². The summed E-state index contributed by atoms with van der Waals surface area (Å²) < 4.78 is 5.39. The fourth-order valence-corrected chi connectivity index (χ4v) is 0.988. The third-order valence-corrected chi connectivity index (χ3v) is 1.55. The minimum absolute atomic E-state index is 0.156. The predicted octanol–water partition coefficient (Wildman–Crippen LogP) is 2.61. The van der Waals surface area contributed by atoms with E-state index < -0.39 is 0 Å². The maximum absolute atomic E-state index is 5.62. The maximum atomic E-state index is 5.62. The SMILES string of the molecule is CC(C)Oc1cccc(CCl)n1. The summed E-state index contributed by atoms with van der Waals surface area (Å²) in [5.74, 6) is 1.07. The van der Waals surface area contributed by atoms with Gasteiger partial charge < -0.3 is 4.74 Å². The second-order valence-corrected chi connectivity index (χ2v) is 3.03. The van der Waals surface area contributed by atoms with Gasteiger partial charge in [0, 0.05) is 6.07 Å². The van der Waals surface area contributed by atoms with Gasteiger partial charge in [-0.1, -0.05) is 6.07 Å². The molecule has 0 aliphatic heterocycles. The van der Waals surface area contributed by atoms with Gasteiger partial charge in [0.15, 0.2) is 0 Å². The van der Waals surface area contributed by atoms with E-state index in [0.717, 1.165) is 5.69 Å². The molecular formula is C9H12ClNO. The molecule has 0 aromatic carbocycles. The predicted molar refractivity (Wildman–Crippen MR) is 49.6 cm³/mol. The Hall–Kier alpha value is -0.760. The molecular weight excluding hydrogens is 174 g/mol. The molecule has 0 aliphatic carbocycles. The van der Waals surface area contributed by atoms with Crippen LogP contribution in [0.5, 0.6) is 5.88 Å². The lowest BCUT2D eigenvalue weighted by Crippen LogP contribution is -2.07. The Labute approximate surface area is 77.5 Å². The van der Waals surface area contributed by atoms with Crippen molar-refractivity contribution in [1.29, 1.82) is 0 Å². The lowest BCUT2D eigenvalue weighted by atomic mass is 10.4. The Kier molecular flexibility index (Phi) is 3.35. The van der Waals surface area contributed by atoms with Crippen molar-refractivity contribution in [1.82, 2.24) is 4.98 Å². The van der Waals surface area contributed by atoms with Crippen molar-refractivity contribution < 1.29 is 4.74 Å². The molecule has 0 saturated heterocycles. The van der Waals surface area contributed by atoms with Crippen molar-refractivity contribution in [3.63, 3.8) is 0 Å². The van der Waals surface area contributed by atoms with E-state index in [1.54, 1.807) is 0 Å². The topological polar surface area (TPSA) is 22.1 Å². The van der Waals surface area contributed by atoms with Crippen molar-refractivity contribution in [2.75, 3.05) is 0 Å². The van der Waals surface area contributed by atoms with Gasteiger partial charge in [0.1, 0.15) is 0 Å². The van der Waals surface area contributed by atoms with Crippen molar-refractivity contribution in [3.05, 3.63) is 23.9 Å². The minimum Gasteiger partial charge on any atom is -0.475 e. The van der Waals surface area contributed by atoms with Crippen LogP contribution in [0.15, 0.2) is 18.2 Å². The smallest absolute Gasteiger partial charge is 0.213 e. The molecule has 0 spiro atoms. The van der Waals surface area contributed by atoms with Gasteiger partial charge in [0.05, 0.1) is 17.7 Å². The summed E-state index contributed by atoms with van der Waals surface area (Å²) in [6, 6.07) is 5.60. The third-order valence-electron chi connectivity index (χ3n) is 1.27. The molecule has 0 atom stereocenters. The Morgan fingerprint density at radius 2 is 2.25 bits per heavy atom. The molecule has 1 aromatic rings. The lowest BCUT2D eigenvalue weighted by molar-refractivity contribution is 0.232. The number of pyridine rings is 1. The molecule has 0 unspecified atom stereocenters. The van der Waals surface area contributed by atoms with Gasteiger partial charge in [-0.25, -0.2) is 4.98 Å². The molecule has 66 valence electrons. The van der Waals surface area contributed by atoms with Crippen molar-refractivity contribution in [3.8, 4) is 5.88 Å². The molecule has 1 heterocycles. The first-order valence-electron chi connectivity index (χ1n) is 3.91. The molecule has 2 nitrogen and oxygen atoms in total. The molecule has 1 rings (SSSR count). The van der Waals surface area contributed by atoms with E-state index in [1.165, 1.54) is 0 Å². The highest BCUT2D eigenvalue weighted by Gasteiger charge is 1.99. The van der Waals surface area contributed by atoms with Gasteiger partial charge in [-0.15, -0.1) is 11.6 Å². The lowest BCUT2D eigenvalue weighted by Gasteiger charge is -2.08. The molecule has 0 aliphatic rings. The number of alkyl halides is 1. The van der Waals surface area contributed by atoms with Crippen LogP contribution in [0.2, 0.25) is 0 Å². The number of rotatable bonds is 3. The highest BCUT2D eigenvalue weighted by Crippen LogP contribution is 2.10. The highest BCUT2D eigenvalue weighted by atomic mass is 35.5. The van der Waals surface area contributed by atoms with Gasteiger partial charge in [-0.05, 0) is 19.9 Å². The molecule has 0 saturated carbocycles. The van der Waals surface area contributed by atoms with E-state index in [0.29, 0.717) is 11.8 Å². The standard InChI is InChI=1S/C9H12ClNO/c1-7(2)12-9-5-3-4-8(6-10)11-9/h3-5,7H,6H2,1-2H3. The van der Waals surface area contributed by atoms with Crippen LogP contribution in [0.4, 0.5) is 0 Å². The Morgan fingerprint density at radius 3 is 2.83 bits per heavy atom. The first-order valence-corrected chi connectivity index (χ1v) is 4.44. The number of aromatic nitrogens is 1. The van der Waals surface area contributed by atoms with Crippen LogP contribution in [-0.4, -0.2) is 11.1 Å². The summed E-state index contributed by atoms with van der Waals surface area (Å²) in [6.45, 7) is 3.93. The molecule has 0 amide bonds. The average molecular weight is 186 g/mol. The van der Waals surface area contributed by atoms with Crippen LogP contribution in [0.25, 0.3) is 0 Å². The minimum atomic E-state index is 0.156. The second-order valence-electron chi connectivity index (χ2n) is 2.77. The molecule has 12 heavy (non-hydrogen) atoms. The van der Waals surface area contributed by atoms with Gasteiger partial charge in [0.2, 0.25) is 5.88 Å². The van der Waals surface area contributed by atoms with Crippen LogP contribution in [0.3, 0.4) is 0 Å². The third kappa shape index (κ3) is 2.70. The van der Waals surface area contributed by atoms with E-state index in [9.17, 15) is 0 Å². The van der Waals surface area contributed by atoms with Gasteiger partial charge in [-0.3, -0.25) is 0 Å². The molecule has 0 bridgehead atoms. The monoisotopic (exact) mass is 185 g/mol. The van der Waals surface area contributed by atoms with Crippen LogP contribution >= 0.6 is 11.6 Å². The molecule has 0 fully saturated rings. The summed E-state index contributed by atoms with van der Waals surface area (Å²) in [6.07, 6.45) is 0.156. The average Bonchev–Trinajstić information content (AvgIpc) is 2.03. The molecule has 1 aromatic heterocycles.